The molecule has 0 aliphatic carbocycles. The van der Waals surface area contributed by atoms with Crippen LogP contribution in [-0.2, 0) is 24.3 Å². The Morgan fingerprint density at radius 3 is 2.95 bits per heavy atom. The van der Waals surface area contributed by atoms with Gasteiger partial charge in [0.2, 0.25) is 5.91 Å². The van der Waals surface area contributed by atoms with Crippen molar-refractivity contribution in [2.24, 2.45) is 0 Å². The molecule has 0 saturated heterocycles. The SMILES string of the molecule is Cl.Cl.O=C(CCn1ccnc1)Nc1ccc2c(c1)CNCC2. The Kier molecular flexibility index (Phi) is 7.38. The number of aryl methyl sites for hydroxylation is 1. The number of carbonyl (C=O) groups is 1. The number of imidazole rings is 1. The number of fused-ring (bicyclic) bond motifs is 1. The van der Waals surface area contributed by atoms with Gasteiger partial charge >= 0.3 is 0 Å². The minimum atomic E-state index is 0. The second kappa shape index (κ2) is 8.78. The Balaban J connectivity index is 0.00000121. The second-order valence-corrected chi connectivity index (χ2v) is 5.01. The molecule has 2 heterocycles. The van der Waals surface area contributed by atoms with Crippen LogP contribution in [-0.4, -0.2) is 22.0 Å². The van der Waals surface area contributed by atoms with Gasteiger partial charge in [0.15, 0.2) is 0 Å². The summed E-state index contributed by atoms with van der Waals surface area (Å²) < 4.78 is 1.90. The average Bonchev–Trinajstić information content (AvgIpc) is 2.98. The minimum absolute atomic E-state index is 0. The van der Waals surface area contributed by atoms with Crippen molar-refractivity contribution >= 4 is 36.4 Å². The Morgan fingerprint density at radius 2 is 2.18 bits per heavy atom. The van der Waals surface area contributed by atoms with Gasteiger partial charge in [-0.05, 0) is 36.2 Å². The first-order valence-electron chi connectivity index (χ1n) is 6.89. The van der Waals surface area contributed by atoms with E-state index in [0.29, 0.717) is 13.0 Å². The van der Waals surface area contributed by atoms with E-state index in [1.54, 1.807) is 12.5 Å². The Morgan fingerprint density at radius 1 is 1.32 bits per heavy atom. The van der Waals surface area contributed by atoms with Crippen molar-refractivity contribution in [1.29, 1.82) is 0 Å². The molecule has 120 valence electrons. The first-order valence-corrected chi connectivity index (χ1v) is 6.89. The molecule has 0 saturated carbocycles. The molecule has 1 aliphatic heterocycles. The molecule has 2 aromatic rings. The van der Waals surface area contributed by atoms with Crippen LogP contribution in [0.4, 0.5) is 5.69 Å². The van der Waals surface area contributed by atoms with Crippen molar-refractivity contribution in [3.05, 3.63) is 48.0 Å². The van der Waals surface area contributed by atoms with Crippen LogP contribution in [0.1, 0.15) is 17.5 Å². The summed E-state index contributed by atoms with van der Waals surface area (Å²) in [6.07, 6.45) is 6.81. The van der Waals surface area contributed by atoms with E-state index in [2.05, 4.69) is 27.8 Å². The van der Waals surface area contributed by atoms with Gasteiger partial charge in [-0.15, -0.1) is 24.8 Å². The van der Waals surface area contributed by atoms with Crippen molar-refractivity contribution in [2.45, 2.75) is 25.9 Å². The molecule has 0 radical (unpaired) electrons. The van der Waals surface area contributed by atoms with Crippen molar-refractivity contribution in [3.63, 3.8) is 0 Å². The lowest BCUT2D eigenvalue weighted by molar-refractivity contribution is -0.116. The summed E-state index contributed by atoms with van der Waals surface area (Å²) in [4.78, 5) is 15.9. The van der Waals surface area contributed by atoms with E-state index >= 15 is 0 Å². The van der Waals surface area contributed by atoms with Gasteiger partial charge in [-0.3, -0.25) is 4.79 Å². The highest BCUT2D eigenvalue weighted by Gasteiger charge is 2.10. The van der Waals surface area contributed by atoms with Crippen LogP contribution in [0.5, 0.6) is 0 Å². The molecule has 0 bridgehead atoms. The molecular formula is C15H20Cl2N4O. The number of amides is 1. The molecule has 7 heteroatoms. The van der Waals surface area contributed by atoms with Gasteiger partial charge in [0.25, 0.3) is 0 Å². The summed E-state index contributed by atoms with van der Waals surface area (Å²) in [6.45, 7) is 2.57. The number of aromatic nitrogens is 2. The van der Waals surface area contributed by atoms with Crippen molar-refractivity contribution < 1.29 is 4.79 Å². The molecule has 0 spiro atoms. The van der Waals surface area contributed by atoms with Crippen LogP contribution in [0.15, 0.2) is 36.9 Å². The monoisotopic (exact) mass is 342 g/mol. The molecule has 22 heavy (non-hydrogen) atoms. The summed E-state index contributed by atoms with van der Waals surface area (Å²) >= 11 is 0. The maximum Gasteiger partial charge on any atom is 0.226 e. The normalized spacial score (nSPS) is 12.5. The lowest BCUT2D eigenvalue weighted by atomic mass is 10.0. The lowest BCUT2D eigenvalue weighted by Gasteiger charge is -2.18. The van der Waals surface area contributed by atoms with Crippen LogP contribution < -0.4 is 10.6 Å². The standard InChI is InChI=1S/C15H18N4O.2ClH/c20-15(4-7-19-8-6-17-11-19)18-14-2-1-12-3-5-16-10-13(12)9-14;;/h1-2,6,8-9,11,16H,3-5,7,10H2,(H,18,20);2*1H. The highest BCUT2D eigenvalue weighted by Crippen LogP contribution is 2.19. The molecule has 2 N–H and O–H groups in total. The quantitative estimate of drug-likeness (QED) is 0.896. The molecule has 0 atom stereocenters. The van der Waals surface area contributed by atoms with Gasteiger partial charge in [-0.25, -0.2) is 4.98 Å². The van der Waals surface area contributed by atoms with E-state index < -0.39 is 0 Å². The van der Waals surface area contributed by atoms with Crippen molar-refractivity contribution in [1.82, 2.24) is 14.9 Å². The number of hydrogen-bond donors (Lipinski definition) is 2. The molecular weight excluding hydrogens is 323 g/mol. The van der Waals surface area contributed by atoms with Crippen LogP contribution in [0.3, 0.4) is 0 Å². The summed E-state index contributed by atoms with van der Waals surface area (Å²) in [5.74, 6) is 0.0300. The molecule has 0 fully saturated rings. The molecule has 1 aromatic heterocycles. The third kappa shape index (κ3) is 4.73. The van der Waals surface area contributed by atoms with Gasteiger partial charge in [-0.2, -0.15) is 0 Å². The Labute approximate surface area is 142 Å². The second-order valence-electron chi connectivity index (χ2n) is 5.01. The predicted octanol–water partition coefficient (Wildman–Crippen LogP) is 2.40. The molecule has 1 amide bonds. The molecule has 1 aromatic carbocycles. The van der Waals surface area contributed by atoms with Crippen LogP contribution in [0.2, 0.25) is 0 Å². The molecule has 1 aliphatic rings. The fraction of sp³-hybridized carbons (Fsp3) is 0.333. The van der Waals surface area contributed by atoms with Gasteiger partial charge in [-0.1, -0.05) is 6.07 Å². The number of carbonyl (C=O) groups excluding carboxylic acids is 1. The fourth-order valence-corrected chi connectivity index (χ4v) is 2.43. The molecule has 0 unspecified atom stereocenters. The van der Waals surface area contributed by atoms with Crippen LogP contribution >= 0.6 is 24.8 Å². The minimum Gasteiger partial charge on any atom is -0.337 e. The molecule has 3 rings (SSSR count). The maximum absolute atomic E-state index is 11.9. The smallest absolute Gasteiger partial charge is 0.226 e. The van der Waals surface area contributed by atoms with E-state index in [4.69, 9.17) is 0 Å². The summed E-state index contributed by atoms with van der Waals surface area (Å²) in [5, 5.41) is 6.30. The van der Waals surface area contributed by atoms with E-state index in [0.717, 1.165) is 25.2 Å². The zero-order valence-corrected chi connectivity index (χ0v) is 13.8. The van der Waals surface area contributed by atoms with E-state index in [1.165, 1.54) is 11.1 Å². The highest BCUT2D eigenvalue weighted by atomic mass is 35.5. The van der Waals surface area contributed by atoms with E-state index in [-0.39, 0.29) is 30.7 Å². The first-order chi connectivity index (χ1) is 9.81. The number of anilines is 1. The Bertz CT molecular complexity index is 602. The van der Waals surface area contributed by atoms with Gasteiger partial charge in [0, 0.05) is 37.6 Å². The van der Waals surface area contributed by atoms with Crippen LogP contribution in [0, 0.1) is 0 Å². The van der Waals surface area contributed by atoms with Crippen molar-refractivity contribution in [3.8, 4) is 0 Å². The number of nitrogens with zero attached hydrogens (tertiary/aromatic N) is 2. The number of halogens is 2. The predicted molar refractivity (Wildman–Crippen MR) is 91.8 cm³/mol. The topological polar surface area (TPSA) is 59.0 Å². The van der Waals surface area contributed by atoms with Gasteiger partial charge in [0.05, 0.1) is 6.33 Å². The Hall–Kier alpha value is -1.56. The van der Waals surface area contributed by atoms with Crippen molar-refractivity contribution in [2.75, 3.05) is 11.9 Å². The number of benzene rings is 1. The van der Waals surface area contributed by atoms with Crippen LogP contribution in [0.25, 0.3) is 0 Å². The van der Waals surface area contributed by atoms with Gasteiger partial charge in [0.1, 0.15) is 0 Å². The summed E-state index contributed by atoms with van der Waals surface area (Å²) in [7, 11) is 0. The number of nitrogens with one attached hydrogen (secondary N) is 2. The zero-order valence-electron chi connectivity index (χ0n) is 12.1. The average molecular weight is 343 g/mol. The lowest BCUT2D eigenvalue weighted by Crippen LogP contribution is -2.23. The number of hydrogen-bond acceptors (Lipinski definition) is 3. The molecule has 5 nitrogen and oxygen atoms in total. The third-order valence-corrected chi connectivity index (χ3v) is 3.53. The summed E-state index contributed by atoms with van der Waals surface area (Å²) in [6, 6.07) is 6.16. The zero-order chi connectivity index (χ0) is 13.8. The first kappa shape index (κ1) is 18.5. The highest BCUT2D eigenvalue weighted by molar-refractivity contribution is 5.90. The largest absolute Gasteiger partial charge is 0.337 e. The van der Waals surface area contributed by atoms with Gasteiger partial charge < -0.3 is 15.2 Å². The summed E-state index contributed by atoms with van der Waals surface area (Å²) in [5.41, 5.74) is 3.53. The fourth-order valence-electron chi connectivity index (χ4n) is 2.43. The van der Waals surface area contributed by atoms with E-state index in [9.17, 15) is 4.79 Å². The maximum atomic E-state index is 11.9. The van der Waals surface area contributed by atoms with E-state index in [1.807, 2.05) is 16.8 Å². The number of rotatable bonds is 4. The third-order valence-electron chi connectivity index (χ3n) is 3.53.